The molecule has 0 radical (unpaired) electrons. The van der Waals surface area contributed by atoms with Gasteiger partial charge in [0.25, 0.3) is 0 Å². The molecule has 1 aromatic heterocycles. The minimum Gasteiger partial charge on any atom is -0.350 e. The van der Waals surface area contributed by atoms with E-state index >= 15 is 0 Å². The third-order valence-corrected chi connectivity index (χ3v) is 4.63. The number of hydrogen-bond acceptors (Lipinski definition) is 4. The van der Waals surface area contributed by atoms with Crippen LogP contribution in [0.5, 0.6) is 0 Å². The van der Waals surface area contributed by atoms with Crippen molar-refractivity contribution in [2.24, 2.45) is 11.7 Å². The van der Waals surface area contributed by atoms with Gasteiger partial charge in [-0.2, -0.15) is 0 Å². The van der Waals surface area contributed by atoms with Gasteiger partial charge in [0.15, 0.2) is 0 Å². The van der Waals surface area contributed by atoms with Crippen molar-refractivity contribution in [1.29, 1.82) is 0 Å². The molecule has 2 rings (SSSR count). The van der Waals surface area contributed by atoms with E-state index < -0.39 is 0 Å². The van der Waals surface area contributed by atoms with Gasteiger partial charge in [-0.3, -0.25) is 4.79 Å². The lowest BCUT2D eigenvalue weighted by Crippen LogP contribution is -2.31. The number of nitrogens with two attached hydrogens (primary N) is 1. The molecule has 1 amide bonds. The van der Waals surface area contributed by atoms with Crippen LogP contribution in [0.2, 0.25) is 0 Å². The van der Waals surface area contributed by atoms with Crippen LogP contribution in [0.4, 0.5) is 0 Å². The molecule has 1 saturated carbocycles. The van der Waals surface area contributed by atoms with Crippen LogP contribution in [0.3, 0.4) is 0 Å². The fourth-order valence-corrected chi connectivity index (χ4v) is 3.37. The molecular formula is C14H25Cl2N3OS. The van der Waals surface area contributed by atoms with Crippen molar-refractivity contribution in [2.45, 2.75) is 58.0 Å². The Labute approximate surface area is 143 Å². The highest BCUT2D eigenvalue weighted by Crippen LogP contribution is 2.26. The van der Waals surface area contributed by atoms with Crippen molar-refractivity contribution in [3.05, 3.63) is 16.1 Å². The fourth-order valence-electron chi connectivity index (χ4n) is 2.47. The van der Waals surface area contributed by atoms with Crippen molar-refractivity contribution < 1.29 is 4.79 Å². The van der Waals surface area contributed by atoms with Gasteiger partial charge < -0.3 is 11.1 Å². The summed E-state index contributed by atoms with van der Waals surface area (Å²) in [7, 11) is 0. The minimum absolute atomic E-state index is 0. The largest absolute Gasteiger partial charge is 0.350 e. The summed E-state index contributed by atoms with van der Waals surface area (Å²) < 4.78 is 0. The van der Waals surface area contributed by atoms with E-state index in [1.54, 1.807) is 11.3 Å². The first kappa shape index (κ1) is 20.6. The minimum atomic E-state index is 0. The second kappa shape index (κ2) is 9.62. The van der Waals surface area contributed by atoms with Crippen molar-refractivity contribution in [1.82, 2.24) is 10.3 Å². The monoisotopic (exact) mass is 353 g/mol. The molecule has 21 heavy (non-hydrogen) atoms. The van der Waals surface area contributed by atoms with Crippen LogP contribution in [0.15, 0.2) is 5.38 Å². The average Bonchev–Trinajstić information content (AvgIpc) is 2.97. The van der Waals surface area contributed by atoms with Gasteiger partial charge in [-0.1, -0.05) is 20.3 Å². The molecule has 0 aliphatic heterocycles. The molecule has 2 atom stereocenters. The topological polar surface area (TPSA) is 68.0 Å². The molecule has 1 fully saturated rings. The Balaban J connectivity index is 0.00000200. The molecule has 0 spiro atoms. The molecule has 122 valence electrons. The number of thiazole rings is 1. The van der Waals surface area contributed by atoms with E-state index in [0.717, 1.165) is 30.0 Å². The molecular weight excluding hydrogens is 329 g/mol. The Morgan fingerprint density at radius 3 is 2.71 bits per heavy atom. The second-order valence-corrected chi connectivity index (χ2v) is 6.60. The molecule has 4 nitrogen and oxygen atoms in total. The predicted molar refractivity (Wildman–Crippen MR) is 92.5 cm³/mol. The van der Waals surface area contributed by atoms with Crippen molar-refractivity contribution in [2.75, 3.05) is 0 Å². The van der Waals surface area contributed by atoms with Gasteiger partial charge in [-0.15, -0.1) is 36.2 Å². The van der Waals surface area contributed by atoms with Crippen molar-refractivity contribution in [3.8, 4) is 0 Å². The second-order valence-electron chi connectivity index (χ2n) is 5.66. The van der Waals surface area contributed by atoms with Crippen molar-refractivity contribution in [3.63, 3.8) is 0 Å². The van der Waals surface area contributed by atoms with Gasteiger partial charge in [0.05, 0.1) is 12.2 Å². The lowest BCUT2D eigenvalue weighted by molar-refractivity contribution is -0.122. The average molecular weight is 354 g/mol. The first-order valence-electron chi connectivity index (χ1n) is 7.03. The zero-order valence-corrected chi connectivity index (χ0v) is 15.0. The number of hydrogen-bond donors (Lipinski definition) is 2. The zero-order chi connectivity index (χ0) is 13.8. The van der Waals surface area contributed by atoms with Gasteiger partial charge >= 0.3 is 0 Å². The van der Waals surface area contributed by atoms with Crippen LogP contribution >= 0.6 is 36.2 Å². The number of rotatable bonds is 5. The molecule has 1 aliphatic carbocycles. The Morgan fingerprint density at radius 1 is 1.48 bits per heavy atom. The highest BCUT2D eigenvalue weighted by molar-refractivity contribution is 7.09. The van der Waals surface area contributed by atoms with Crippen LogP contribution in [0.1, 0.15) is 56.2 Å². The lowest BCUT2D eigenvalue weighted by atomic mass is 10.00. The van der Waals surface area contributed by atoms with E-state index in [2.05, 4.69) is 29.5 Å². The standard InChI is InChI=1S/C14H23N3OS.2ClH/c1-9(2)12-8-19-14(17-12)7-16-13(18)6-10-4-3-5-11(10)15;;/h8-11H,3-7,15H2,1-2H3,(H,16,18);2*1H/t10-,11+;;/m0../s1. The predicted octanol–water partition coefficient (Wildman–Crippen LogP) is 3.24. The Hall–Kier alpha value is -0.360. The number of nitrogens with one attached hydrogen (secondary N) is 1. The third kappa shape index (κ3) is 6.10. The molecule has 3 N–H and O–H groups in total. The number of carbonyl (C=O) groups is 1. The first-order valence-corrected chi connectivity index (χ1v) is 7.90. The quantitative estimate of drug-likeness (QED) is 0.853. The number of aromatic nitrogens is 1. The highest BCUT2D eigenvalue weighted by Gasteiger charge is 2.25. The third-order valence-electron chi connectivity index (χ3n) is 3.76. The summed E-state index contributed by atoms with van der Waals surface area (Å²) in [5.74, 6) is 0.906. The summed E-state index contributed by atoms with van der Waals surface area (Å²) in [5.41, 5.74) is 7.08. The van der Waals surface area contributed by atoms with Gasteiger partial charge in [-0.25, -0.2) is 4.98 Å². The lowest BCUT2D eigenvalue weighted by Gasteiger charge is -2.14. The molecule has 0 unspecified atom stereocenters. The van der Waals surface area contributed by atoms with E-state index in [4.69, 9.17) is 5.73 Å². The normalized spacial score (nSPS) is 20.8. The first-order chi connectivity index (χ1) is 9.06. The smallest absolute Gasteiger partial charge is 0.220 e. The number of halogens is 2. The van der Waals surface area contributed by atoms with Gasteiger partial charge in [0, 0.05) is 17.8 Å². The molecule has 0 aromatic carbocycles. The molecule has 0 bridgehead atoms. The maximum atomic E-state index is 11.9. The maximum Gasteiger partial charge on any atom is 0.220 e. The van der Waals surface area contributed by atoms with E-state index in [9.17, 15) is 4.79 Å². The summed E-state index contributed by atoms with van der Waals surface area (Å²) >= 11 is 1.61. The van der Waals surface area contributed by atoms with Crippen LogP contribution in [0.25, 0.3) is 0 Å². The van der Waals surface area contributed by atoms with Gasteiger partial charge in [-0.05, 0) is 24.7 Å². The Bertz CT molecular complexity index is 440. The summed E-state index contributed by atoms with van der Waals surface area (Å²) in [6, 6.07) is 0.207. The van der Waals surface area contributed by atoms with Crippen LogP contribution in [0, 0.1) is 5.92 Å². The van der Waals surface area contributed by atoms with Crippen LogP contribution < -0.4 is 11.1 Å². The van der Waals surface area contributed by atoms with E-state index in [0.29, 0.717) is 24.8 Å². The number of amides is 1. The molecule has 1 aliphatic rings. The Kier molecular flexibility index (Phi) is 9.45. The molecule has 1 heterocycles. The van der Waals surface area contributed by atoms with E-state index in [1.807, 2.05) is 0 Å². The SMILES string of the molecule is CC(C)c1csc(CNC(=O)C[C@@H]2CCC[C@H]2N)n1.Cl.Cl. The summed E-state index contributed by atoms with van der Waals surface area (Å²) in [5, 5.41) is 6.00. The highest BCUT2D eigenvalue weighted by atomic mass is 35.5. The summed E-state index contributed by atoms with van der Waals surface area (Å²) in [4.78, 5) is 16.4. The fraction of sp³-hybridized carbons (Fsp3) is 0.714. The zero-order valence-electron chi connectivity index (χ0n) is 12.5. The summed E-state index contributed by atoms with van der Waals surface area (Å²) in [6.07, 6.45) is 3.86. The summed E-state index contributed by atoms with van der Waals surface area (Å²) in [6.45, 7) is 4.79. The van der Waals surface area contributed by atoms with Crippen LogP contribution in [-0.4, -0.2) is 16.9 Å². The van der Waals surface area contributed by atoms with Gasteiger partial charge in [0.2, 0.25) is 5.91 Å². The van der Waals surface area contributed by atoms with E-state index in [1.165, 1.54) is 0 Å². The van der Waals surface area contributed by atoms with Crippen molar-refractivity contribution >= 4 is 42.1 Å². The van der Waals surface area contributed by atoms with E-state index in [-0.39, 0.29) is 36.8 Å². The maximum absolute atomic E-state index is 11.9. The number of carbonyl (C=O) groups excluding carboxylic acids is 1. The molecule has 1 aromatic rings. The molecule has 0 saturated heterocycles. The Morgan fingerprint density at radius 2 is 2.19 bits per heavy atom. The van der Waals surface area contributed by atoms with Crippen LogP contribution in [-0.2, 0) is 11.3 Å². The number of nitrogens with zero attached hydrogens (tertiary/aromatic N) is 1. The molecule has 7 heteroatoms. The van der Waals surface area contributed by atoms with Gasteiger partial charge in [0.1, 0.15) is 5.01 Å².